The van der Waals surface area contributed by atoms with E-state index in [0.29, 0.717) is 11.9 Å². The van der Waals surface area contributed by atoms with E-state index in [2.05, 4.69) is 41.0 Å². The summed E-state index contributed by atoms with van der Waals surface area (Å²) in [6, 6.07) is 2.00. The Bertz CT molecular complexity index is 814. The maximum absolute atomic E-state index is 5.79. The molecule has 0 amide bonds. The molecule has 0 unspecified atom stereocenters. The number of hydrogen-bond donors (Lipinski definition) is 1. The fraction of sp³-hybridized carbons (Fsp3) is 0.412. The molecule has 0 aliphatic carbocycles. The van der Waals surface area contributed by atoms with Crippen LogP contribution in [0, 0.1) is 6.92 Å². The largest absolute Gasteiger partial charge is 0.368 e. The van der Waals surface area contributed by atoms with Crippen molar-refractivity contribution in [2.45, 2.75) is 32.2 Å². The molecular weight excluding hydrogens is 334 g/mol. The van der Waals surface area contributed by atoms with Crippen LogP contribution in [0.5, 0.6) is 0 Å². The van der Waals surface area contributed by atoms with Gasteiger partial charge in [0.2, 0.25) is 5.95 Å². The van der Waals surface area contributed by atoms with Gasteiger partial charge in [0, 0.05) is 48.5 Å². The summed E-state index contributed by atoms with van der Waals surface area (Å²) in [7, 11) is 0. The van der Waals surface area contributed by atoms with Gasteiger partial charge in [-0.2, -0.15) is 4.98 Å². The van der Waals surface area contributed by atoms with E-state index in [9.17, 15) is 0 Å². The third kappa shape index (κ3) is 3.48. The molecule has 8 heteroatoms. The summed E-state index contributed by atoms with van der Waals surface area (Å²) in [5.41, 5.74) is 9.66. The lowest BCUT2D eigenvalue weighted by Gasteiger charge is -2.32. The number of piperidine rings is 1. The Kier molecular flexibility index (Phi) is 4.35. The van der Waals surface area contributed by atoms with Gasteiger partial charge in [0.15, 0.2) is 0 Å². The number of nitrogen functional groups attached to an aromatic ring is 1. The molecule has 130 valence electrons. The molecule has 1 fully saturated rings. The van der Waals surface area contributed by atoms with Gasteiger partial charge < -0.3 is 15.2 Å². The number of thiazole rings is 1. The molecule has 0 spiro atoms. The van der Waals surface area contributed by atoms with Crippen LogP contribution < -0.4 is 10.6 Å². The number of nitrogens with zero attached hydrogens (tertiary/aromatic N) is 6. The number of aromatic nitrogens is 5. The van der Waals surface area contributed by atoms with Crippen LogP contribution in [0.25, 0.3) is 0 Å². The molecule has 2 N–H and O–H groups in total. The fourth-order valence-electron chi connectivity index (χ4n) is 3.41. The van der Waals surface area contributed by atoms with E-state index in [0.717, 1.165) is 55.5 Å². The lowest BCUT2D eigenvalue weighted by Crippen LogP contribution is -2.34. The highest BCUT2D eigenvalue weighted by Gasteiger charge is 2.25. The molecule has 3 aromatic heterocycles. The second-order valence-corrected chi connectivity index (χ2v) is 7.10. The molecular formula is C17H21N7S. The second kappa shape index (κ2) is 6.79. The van der Waals surface area contributed by atoms with E-state index >= 15 is 0 Å². The normalized spacial score (nSPS) is 15.6. The Morgan fingerprint density at radius 3 is 2.80 bits per heavy atom. The number of aryl methyl sites for hydroxylation is 1. The van der Waals surface area contributed by atoms with Crippen LogP contribution in [0.15, 0.2) is 29.4 Å². The molecule has 0 atom stereocenters. The van der Waals surface area contributed by atoms with Crippen LogP contribution in [0.2, 0.25) is 0 Å². The number of hydrogen-bond acceptors (Lipinski definition) is 7. The number of nitrogens with two attached hydrogens (primary N) is 1. The van der Waals surface area contributed by atoms with Gasteiger partial charge in [-0.1, -0.05) is 0 Å². The molecule has 4 rings (SSSR count). The minimum atomic E-state index is 0.343. The van der Waals surface area contributed by atoms with Gasteiger partial charge >= 0.3 is 0 Å². The van der Waals surface area contributed by atoms with Crippen molar-refractivity contribution in [3.63, 3.8) is 0 Å². The van der Waals surface area contributed by atoms with E-state index in [1.807, 2.05) is 24.7 Å². The SMILES string of the molecule is Cc1cc(N2CCC(c3nccn3Cc3cscn3)CC2)nc(N)n1. The Balaban J connectivity index is 1.45. The van der Waals surface area contributed by atoms with Crippen LogP contribution in [-0.2, 0) is 6.54 Å². The molecule has 1 aliphatic rings. The number of imidazole rings is 1. The van der Waals surface area contributed by atoms with E-state index in [1.54, 1.807) is 11.3 Å². The van der Waals surface area contributed by atoms with E-state index in [1.165, 1.54) is 0 Å². The summed E-state index contributed by atoms with van der Waals surface area (Å²) in [5.74, 6) is 2.89. The maximum Gasteiger partial charge on any atom is 0.222 e. The van der Waals surface area contributed by atoms with Crippen molar-refractivity contribution in [3.05, 3.63) is 46.6 Å². The smallest absolute Gasteiger partial charge is 0.222 e. The van der Waals surface area contributed by atoms with Crippen LogP contribution in [0.4, 0.5) is 11.8 Å². The zero-order valence-electron chi connectivity index (χ0n) is 14.2. The van der Waals surface area contributed by atoms with E-state index in [-0.39, 0.29) is 0 Å². The summed E-state index contributed by atoms with van der Waals surface area (Å²) in [6.45, 7) is 4.64. The Morgan fingerprint density at radius 1 is 1.24 bits per heavy atom. The van der Waals surface area contributed by atoms with Crippen molar-refractivity contribution in [2.75, 3.05) is 23.7 Å². The van der Waals surface area contributed by atoms with Crippen LogP contribution in [0.1, 0.15) is 36.0 Å². The minimum Gasteiger partial charge on any atom is -0.368 e. The van der Waals surface area contributed by atoms with Gasteiger partial charge in [-0.3, -0.25) is 0 Å². The fourth-order valence-corrected chi connectivity index (χ4v) is 3.96. The predicted octanol–water partition coefficient (Wildman–Crippen LogP) is 2.45. The van der Waals surface area contributed by atoms with Crippen molar-refractivity contribution in [1.82, 2.24) is 24.5 Å². The zero-order chi connectivity index (χ0) is 17.2. The van der Waals surface area contributed by atoms with Gasteiger partial charge in [0.05, 0.1) is 17.7 Å². The van der Waals surface area contributed by atoms with Gasteiger partial charge in [0.25, 0.3) is 0 Å². The lowest BCUT2D eigenvalue weighted by molar-refractivity contribution is 0.468. The second-order valence-electron chi connectivity index (χ2n) is 6.38. The first kappa shape index (κ1) is 16.0. The van der Waals surface area contributed by atoms with Crippen molar-refractivity contribution >= 4 is 23.1 Å². The van der Waals surface area contributed by atoms with Crippen molar-refractivity contribution in [2.24, 2.45) is 0 Å². The van der Waals surface area contributed by atoms with Gasteiger partial charge in [0.1, 0.15) is 11.6 Å². The molecule has 0 saturated carbocycles. The summed E-state index contributed by atoms with van der Waals surface area (Å²) < 4.78 is 2.22. The topological polar surface area (TPSA) is 85.8 Å². The van der Waals surface area contributed by atoms with Gasteiger partial charge in [-0.25, -0.2) is 15.0 Å². The monoisotopic (exact) mass is 355 g/mol. The Hall–Kier alpha value is -2.48. The molecule has 1 aliphatic heterocycles. The van der Waals surface area contributed by atoms with Gasteiger partial charge in [-0.15, -0.1) is 11.3 Å². The highest BCUT2D eigenvalue weighted by molar-refractivity contribution is 7.07. The minimum absolute atomic E-state index is 0.343. The molecule has 3 aromatic rings. The molecule has 0 bridgehead atoms. The predicted molar refractivity (Wildman–Crippen MR) is 98.8 cm³/mol. The summed E-state index contributed by atoms with van der Waals surface area (Å²) in [4.78, 5) is 19.8. The molecule has 1 saturated heterocycles. The van der Waals surface area contributed by atoms with Crippen molar-refractivity contribution in [3.8, 4) is 0 Å². The third-order valence-corrected chi connectivity index (χ3v) is 5.24. The average Bonchev–Trinajstić information content (AvgIpc) is 3.26. The first-order chi connectivity index (χ1) is 12.2. The van der Waals surface area contributed by atoms with E-state index < -0.39 is 0 Å². The van der Waals surface area contributed by atoms with Crippen LogP contribution >= 0.6 is 11.3 Å². The standard InChI is InChI=1S/C17H21N7S/c1-12-8-15(22-17(18)21-12)23-5-2-13(3-6-23)16-19-4-7-24(16)9-14-10-25-11-20-14/h4,7-8,10-11,13H,2-3,5-6,9H2,1H3,(H2,18,21,22). The first-order valence-corrected chi connectivity index (χ1v) is 9.37. The quantitative estimate of drug-likeness (QED) is 0.774. The summed E-state index contributed by atoms with van der Waals surface area (Å²) in [5, 5.41) is 2.09. The van der Waals surface area contributed by atoms with Crippen LogP contribution in [0.3, 0.4) is 0 Å². The molecule has 7 nitrogen and oxygen atoms in total. The summed E-state index contributed by atoms with van der Waals surface area (Å²) in [6.07, 6.45) is 6.05. The number of anilines is 2. The highest BCUT2D eigenvalue weighted by Crippen LogP contribution is 2.29. The Morgan fingerprint density at radius 2 is 2.08 bits per heavy atom. The van der Waals surface area contributed by atoms with Gasteiger partial charge in [-0.05, 0) is 19.8 Å². The lowest BCUT2D eigenvalue weighted by atomic mass is 9.96. The van der Waals surface area contributed by atoms with Crippen molar-refractivity contribution < 1.29 is 0 Å². The molecule has 4 heterocycles. The van der Waals surface area contributed by atoms with E-state index in [4.69, 9.17) is 5.73 Å². The number of rotatable bonds is 4. The maximum atomic E-state index is 5.79. The molecule has 25 heavy (non-hydrogen) atoms. The molecule has 0 radical (unpaired) electrons. The molecule has 0 aromatic carbocycles. The van der Waals surface area contributed by atoms with Crippen molar-refractivity contribution in [1.29, 1.82) is 0 Å². The van der Waals surface area contributed by atoms with Crippen LogP contribution in [-0.4, -0.2) is 37.6 Å². The third-order valence-electron chi connectivity index (χ3n) is 4.61. The average molecular weight is 355 g/mol. The zero-order valence-corrected chi connectivity index (χ0v) is 15.0. The Labute approximate surface area is 150 Å². The summed E-state index contributed by atoms with van der Waals surface area (Å²) >= 11 is 1.63. The highest BCUT2D eigenvalue weighted by atomic mass is 32.1. The first-order valence-electron chi connectivity index (χ1n) is 8.43.